The van der Waals surface area contributed by atoms with Gasteiger partial charge in [0, 0.05) is 19.1 Å². The Bertz CT molecular complexity index is 374. The van der Waals surface area contributed by atoms with Crippen molar-refractivity contribution in [1.82, 2.24) is 4.90 Å². The van der Waals surface area contributed by atoms with Crippen LogP contribution < -0.4 is 10.5 Å². The molecule has 1 aromatic carbocycles. The number of nitrogens with two attached hydrogens (primary N) is 1. The first-order valence-electron chi connectivity index (χ1n) is 5.94. The summed E-state index contributed by atoms with van der Waals surface area (Å²) in [7, 11) is 3.66. The highest BCUT2D eigenvalue weighted by molar-refractivity contribution is 9.10. The van der Waals surface area contributed by atoms with Crippen molar-refractivity contribution in [2.75, 3.05) is 33.9 Å². The highest BCUT2D eigenvalue weighted by Gasteiger charge is 2.06. The average molecular weight is 317 g/mol. The number of ether oxygens (including phenoxy) is 1. The molecule has 1 rings (SSSR count). The first-order valence-corrected chi connectivity index (χ1v) is 6.73. The number of aliphatic hydroxyl groups is 1. The van der Waals surface area contributed by atoms with Gasteiger partial charge in [0.1, 0.15) is 5.75 Å². The van der Waals surface area contributed by atoms with Crippen LogP contribution in [0.2, 0.25) is 0 Å². The van der Waals surface area contributed by atoms with Gasteiger partial charge >= 0.3 is 0 Å². The highest BCUT2D eigenvalue weighted by Crippen LogP contribution is 2.25. The van der Waals surface area contributed by atoms with Crippen molar-refractivity contribution in [3.05, 3.63) is 28.2 Å². The van der Waals surface area contributed by atoms with E-state index in [1.807, 2.05) is 13.1 Å². The second-order valence-electron chi connectivity index (χ2n) is 4.42. The van der Waals surface area contributed by atoms with Gasteiger partial charge in [-0.05, 0) is 47.1 Å². The first kappa shape index (κ1) is 15.4. The van der Waals surface area contributed by atoms with Gasteiger partial charge in [0.25, 0.3) is 0 Å². The number of benzene rings is 1. The third-order valence-electron chi connectivity index (χ3n) is 2.78. The summed E-state index contributed by atoms with van der Waals surface area (Å²) in [6, 6.07) is 5.92. The predicted octanol–water partition coefficient (Wildman–Crippen LogP) is 1.25. The minimum atomic E-state index is -0.169. The van der Waals surface area contributed by atoms with Crippen molar-refractivity contribution < 1.29 is 9.84 Å². The number of nitrogens with zero attached hydrogens (tertiary/aromatic N) is 1. The minimum absolute atomic E-state index is 0.0262. The van der Waals surface area contributed by atoms with Crippen LogP contribution in [0.3, 0.4) is 0 Å². The number of rotatable bonds is 7. The zero-order valence-electron chi connectivity index (χ0n) is 10.9. The first-order chi connectivity index (χ1) is 8.56. The summed E-state index contributed by atoms with van der Waals surface area (Å²) in [6.07, 6.45) is 0.942. The Morgan fingerprint density at radius 3 is 2.78 bits per heavy atom. The molecule has 1 aromatic rings. The van der Waals surface area contributed by atoms with Crippen LogP contribution in [0.4, 0.5) is 0 Å². The molecule has 0 saturated heterocycles. The fourth-order valence-corrected chi connectivity index (χ4v) is 2.32. The molecule has 0 radical (unpaired) electrons. The normalized spacial score (nSPS) is 12.8. The van der Waals surface area contributed by atoms with E-state index in [4.69, 9.17) is 15.6 Å². The Morgan fingerprint density at radius 1 is 1.50 bits per heavy atom. The van der Waals surface area contributed by atoms with Gasteiger partial charge in [-0.3, -0.25) is 0 Å². The van der Waals surface area contributed by atoms with E-state index in [9.17, 15) is 0 Å². The fraction of sp³-hybridized carbons (Fsp3) is 0.538. The van der Waals surface area contributed by atoms with Crippen LogP contribution in [0.5, 0.6) is 5.75 Å². The summed E-state index contributed by atoms with van der Waals surface area (Å²) >= 11 is 3.47. The molecule has 0 fully saturated rings. The lowest BCUT2D eigenvalue weighted by atomic mass is 10.1. The van der Waals surface area contributed by atoms with Crippen LogP contribution in [-0.4, -0.2) is 49.9 Å². The second kappa shape index (κ2) is 7.74. The van der Waals surface area contributed by atoms with Gasteiger partial charge in [0.15, 0.2) is 0 Å². The van der Waals surface area contributed by atoms with Gasteiger partial charge in [0.2, 0.25) is 0 Å². The Kier molecular flexibility index (Phi) is 6.63. The number of methoxy groups -OCH3 is 1. The summed E-state index contributed by atoms with van der Waals surface area (Å²) in [5.41, 5.74) is 6.93. The largest absolute Gasteiger partial charge is 0.496 e. The maximum atomic E-state index is 8.89. The summed E-state index contributed by atoms with van der Waals surface area (Å²) in [5, 5.41) is 8.89. The van der Waals surface area contributed by atoms with Crippen molar-refractivity contribution in [1.29, 1.82) is 0 Å². The maximum absolute atomic E-state index is 8.89. The van der Waals surface area contributed by atoms with E-state index in [1.54, 1.807) is 7.11 Å². The van der Waals surface area contributed by atoms with Gasteiger partial charge in [0.05, 0.1) is 18.2 Å². The lowest BCUT2D eigenvalue weighted by molar-refractivity contribution is 0.222. The molecule has 0 saturated carbocycles. The molecule has 5 heteroatoms. The van der Waals surface area contributed by atoms with Crippen molar-refractivity contribution in [2.45, 2.75) is 12.5 Å². The quantitative estimate of drug-likeness (QED) is 0.795. The van der Waals surface area contributed by atoms with Crippen LogP contribution in [0.25, 0.3) is 0 Å². The smallest absolute Gasteiger partial charge is 0.133 e. The van der Waals surface area contributed by atoms with E-state index >= 15 is 0 Å². The Morgan fingerprint density at radius 2 is 2.22 bits per heavy atom. The van der Waals surface area contributed by atoms with Gasteiger partial charge in [-0.2, -0.15) is 0 Å². The molecule has 0 heterocycles. The standard InChI is InChI=1S/C13H21BrN2O2/c1-16(8-11(15)9-17)6-5-10-3-4-13(18-2)12(14)7-10/h3-4,7,11,17H,5-6,8-9,15H2,1-2H3. The predicted molar refractivity (Wildman–Crippen MR) is 77.0 cm³/mol. The molecular formula is C13H21BrN2O2. The van der Waals surface area contributed by atoms with Gasteiger partial charge in [-0.1, -0.05) is 6.07 Å². The summed E-state index contributed by atoms with van der Waals surface area (Å²) in [5.74, 6) is 0.842. The number of hydrogen-bond donors (Lipinski definition) is 2. The van der Waals surface area contributed by atoms with Crippen LogP contribution in [0.1, 0.15) is 5.56 Å². The van der Waals surface area contributed by atoms with Gasteiger partial charge < -0.3 is 20.5 Å². The molecule has 0 aliphatic rings. The molecule has 18 heavy (non-hydrogen) atoms. The van der Waals surface area contributed by atoms with Crippen LogP contribution in [-0.2, 0) is 6.42 Å². The molecule has 0 spiro atoms. The van der Waals surface area contributed by atoms with Crippen LogP contribution in [0.15, 0.2) is 22.7 Å². The molecule has 0 aliphatic heterocycles. The Balaban J connectivity index is 2.46. The van der Waals surface area contributed by atoms with Crippen LogP contribution in [0, 0.1) is 0 Å². The maximum Gasteiger partial charge on any atom is 0.133 e. The van der Waals surface area contributed by atoms with Crippen molar-refractivity contribution in [3.8, 4) is 5.75 Å². The second-order valence-corrected chi connectivity index (χ2v) is 5.28. The number of halogens is 1. The third kappa shape index (κ3) is 4.94. The lowest BCUT2D eigenvalue weighted by Gasteiger charge is -2.20. The number of hydrogen-bond acceptors (Lipinski definition) is 4. The fourth-order valence-electron chi connectivity index (χ4n) is 1.73. The van der Waals surface area contributed by atoms with E-state index in [2.05, 4.69) is 33.0 Å². The molecule has 1 unspecified atom stereocenters. The Labute approximate surface area is 117 Å². The van der Waals surface area contributed by atoms with Gasteiger partial charge in [-0.25, -0.2) is 0 Å². The Hall–Kier alpha value is -0.620. The zero-order chi connectivity index (χ0) is 13.5. The summed E-state index contributed by atoms with van der Waals surface area (Å²) in [6.45, 7) is 1.64. The monoisotopic (exact) mass is 316 g/mol. The van der Waals surface area contributed by atoms with Crippen molar-refractivity contribution >= 4 is 15.9 Å². The van der Waals surface area contributed by atoms with E-state index < -0.39 is 0 Å². The SMILES string of the molecule is COc1ccc(CCN(C)CC(N)CO)cc1Br. The molecule has 102 valence electrons. The molecule has 0 bridgehead atoms. The third-order valence-corrected chi connectivity index (χ3v) is 3.40. The minimum Gasteiger partial charge on any atom is -0.496 e. The number of likely N-dealkylation sites (N-methyl/N-ethyl adjacent to an activating group) is 1. The molecule has 0 amide bonds. The molecule has 4 nitrogen and oxygen atoms in total. The molecule has 1 atom stereocenters. The summed E-state index contributed by atoms with van der Waals surface area (Å²) in [4.78, 5) is 2.12. The van der Waals surface area contributed by atoms with E-state index in [1.165, 1.54) is 5.56 Å². The lowest BCUT2D eigenvalue weighted by Crippen LogP contribution is -2.38. The summed E-state index contributed by atoms with van der Waals surface area (Å²) < 4.78 is 6.16. The van der Waals surface area contributed by atoms with Crippen LogP contribution >= 0.6 is 15.9 Å². The van der Waals surface area contributed by atoms with Crippen molar-refractivity contribution in [3.63, 3.8) is 0 Å². The van der Waals surface area contributed by atoms with Gasteiger partial charge in [-0.15, -0.1) is 0 Å². The molecule has 0 aliphatic carbocycles. The van der Waals surface area contributed by atoms with E-state index in [0.29, 0.717) is 6.54 Å². The number of aliphatic hydroxyl groups excluding tert-OH is 1. The zero-order valence-corrected chi connectivity index (χ0v) is 12.5. The molecule has 0 aromatic heterocycles. The molecule has 3 N–H and O–H groups in total. The highest BCUT2D eigenvalue weighted by atomic mass is 79.9. The van der Waals surface area contributed by atoms with Crippen molar-refractivity contribution in [2.24, 2.45) is 5.73 Å². The van der Waals surface area contributed by atoms with E-state index in [0.717, 1.165) is 23.2 Å². The topological polar surface area (TPSA) is 58.7 Å². The average Bonchev–Trinajstić information content (AvgIpc) is 2.36. The van der Waals surface area contributed by atoms with E-state index in [-0.39, 0.29) is 12.6 Å². The molecular weight excluding hydrogens is 296 g/mol.